The zero-order valence-corrected chi connectivity index (χ0v) is 13.3. The van der Waals surface area contributed by atoms with E-state index in [4.69, 9.17) is 0 Å². The Bertz CT molecular complexity index is 741. The summed E-state index contributed by atoms with van der Waals surface area (Å²) in [5, 5.41) is 12.5. The Kier molecular flexibility index (Phi) is 4.05. The number of fused-ring (bicyclic) bond motifs is 1. The van der Waals surface area contributed by atoms with E-state index in [0.717, 1.165) is 21.8 Å². The van der Waals surface area contributed by atoms with E-state index in [9.17, 15) is 0 Å². The van der Waals surface area contributed by atoms with Gasteiger partial charge in [0.25, 0.3) is 0 Å². The number of nitrogens with one attached hydrogen (secondary N) is 1. The van der Waals surface area contributed by atoms with Crippen LogP contribution in [0.2, 0.25) is 0 Å². The van der Waals surface area contributed by atoms with Crippen LogP contribution in [0.1, 0.15) is 5.56 Å². The van der Waals surface area contributed by atoms with Gasteiger partial charge in [0.1, 0.15) is 0 Å². The first-order chi connectivity index (χ1) is 9.78. The van der Waals surface area contributed by atoms with E-state index in [1.165, 1.54) is 10.5 Å². The van der Waals surface area contributed by atoms with E-state index in [0.29, 0.717) is 0 Å². The average Bonchev–Trinajstić information content (AvgIpc) is 2.86. The van der Waals surface area contributed by atoms with Gasteiger partial charge < -0.3 is 5.32 Å². The zero-order chi connectivity index (χ0) is 13.9. The lowest BCUT2D eigenvalue weighted by molar-refractivity contribution is 0.802. The van der Waals surface area contributed by atoms with Crippen LogP contribution in [0, 0.1) is 0 Å². The van der Waals surface area contributed by atoms with E-state index >= 15 is 0 Å². The fourth-order valence-corrected chi connectivity index (χ4v) is 3.45. The maximum Gasteiger partial charge on any atom is 0.200 e. The molecule has 0 unspecified atom stereocenters. The molecule has 0 amide bonds. The van der Waals surface area contributed by atoms with Gasteiger partial charge in [-0.3, -0.25) is 4.40 Å². The number of halogens is 1. The van der Waals surface area contributed by atoms with Crippen LogP contribution >= 0.6 is 27.7 Å². The molecule has 1 N–H and O–H groups in total. The van der Waals surface area contributed by atoms with E-state index in [-0.39, 0.29) is 0 Å². The Morgan fingerprint density at radius 3 is 3.00 bits per heavy atom. The summed E-state index contributed by atoms with van der Waals surface area (Å²) in [6.45, 7) is 0.826. The van der Waals surface area contributed by atoms with Crippen LogP contribution in [0.4, 0.5) is 0 Å². The monoisotopic (exact) mass is 348 g/mol. The second-order valence-corrected chi connectivity index (χ2v) is 6.22. The molecule has 2 aromatic heterocycles. The van der Waals surface area contributed by atoms with Crippen LogP contribution in [-0.2, 0) is 6.54 Å². The molecule has 0 bridgehead atoms. The van der Waals surface area contributed by atoms with Crippen molar-refractivity contribution in [2.75, 3.05) is 7.05 Å². The molecule has 2 heterocycles. The Labute approximate surface area is 129 Å². The lowest BCUT2D eigenvalue weighted by Crippen LogP contribution is -2.06. The number of rotatable bonds is 4. The van der Waals surface area contributed by atoms with Crippen LogP contribution in [0.5, 0.6) is 0 Å². The van der Waals surface area contributed by atoms with Crippen molar-refractivity contribution in [3.63, 3.8) is 0 Å². The summed E-state index contributed by atoms with van der Waals surface area (Å²) in [6.07, 6.45) is 1.98. The van der Waals surface area contributed by atoms with Crippen LogP contribution in [0.25, 0.3) is 5.65 Å². The van der Waals surface area contributed by atoms with E-state index in [1.54, 1.807) is 11.8 Å². The number of hydrogen-bond donors (Lipinski definition) is 1. The molecule has 0 radical (unpaired) electrons. The first-order valence-corrected chi connectivity index (χ1v) is 7.79. The highest BCUT2D eigenvalue weighted by Gasteiger charge is 2.10. The number of hydrogen-bond acceptors (Lipinski definition) is 4. The van der Waals surface area contributed by atoms with Crippen LogP contribution in [0.3, 0.4) is 0 Å². The molecular weight excluding hydrogens is 336 g/mol. The van der Waals surface area contributed by atoms with Crippen molar-refractivity contribution in [2.45, 2.75) is 16.6 Å². The number of pyridine rings is 1. The molecular formula is C14H13BrN4S. The molecule has 102 valence electrons. The summed E-state index contributed by atoms with van der Waals surface area (Å²) in [4.78, 5) is 1.17. The summed E-state index contributed by atoms with van der Waals surface area (Å²) in [7, 11) is 1.95. The standard InChI is InChI=1S/C14H13BrN4S/c1-16-9-10-5-6-11(15)8-12(10)20-14-18-17-13-4-2-3-7-19(13)14/h2-8,16H,9H2,1H3. The van der Waals surface area contributed by atoms with Gasteiger partial charge >= 0.3 is 0 Å². The number of aromatic nitrogens is 3. The molecule has 0 saturated heterocycles. The van der Waals surface area contributed by atoms with Gasteiger partial charge in [0.05, 0.1) is 0 Å². The molecule has 0 fully saturated rings. The summed E-state index contributed by atoms with van der Waals surface area (Å²) in [6, 6.07) is 12.2. The highest BCUT2D eigenvalue weighted by Crippen LogP contribution is 2.31. The van der Waals surface area contributed by atoms with E-state index in [1.807, 2.05) is 35.8 Å². The van der Waals surface area contributed by atoms with Crippen molar-refractivity contribution in [3.05, 3.63) is 52.6 Å². The maximum atomic E-state index is 4.26. The van der Waals surface area contributed by atoms with Gasteiger partial charge in [-0.15, -0.1) is 10.2 Å². The minimum absolute atomic E-state index is 0.826. The Morgan fingerprint density at radius 2 is 2.15 bits per heavy atom. The van der Waals surface area contributed by atoms with Crippen molar-refractivity contribution in [3.8, 4) is 0 Å². The predicted molar refractivity (Wildman–Crippen MR) is 84.0 cm³/mol. The average molecular weight is 349 g/mol. The largest absolute Gasteiger partial charge is 0.316 e. The predicted octanol–water partition coefficient (Wildman–Crippen LogP) is 3.36. The molecule has 0 aliphatic rings. The molecule has 0 atom stereocenters. The van der Waals surface area contributed by atoms with Crippen molar-refractivity contribution < 1.29 is 0 Å². The van der Waals surface area contributed by atoms with Crippen LogP contribution in [0.15, 0.2) is 57.1 Å². The molecule has 4 nitrogen and oxygen atoms in total. The third-order valence-electron chi connectivity index (χ3n) is 2.88. The van der Waals surface area contributed by atoms with Gasteiger partial charge in [-0.2, -0.15) is 0 Å². The molecule has 0 aliphatic heterocycles. The van der Waals surface area contributed by atoms with Crippen molar-refractivity contribution in [1.82, 2.24) is 19.9 Å². The minimum atomic E-state index is 0.826. The lowest BCUT2D eigenvalue weighted by atomic mass is 10.2. The van der Waals surface area contributed by atoms with Crippen LogP contribution in [-0.4, -0.2) is 21.6 Å². The highest BCUT2D eigenvalue weighted by molar-refractivity contribution is 9.10. The second kappa shape index (κ2) is 5.95. The van der Waals surface area contributed by atoms with Gasteiger partial charge in [0.15, 0.2) is 10.8 Å². The smallest absolute Gasteiger partial charge is 0.200 e. The highest BCUT2D eigenvalue weighted by atomic mass is 79.9. The number of nitrogens with zero attached hydrogens (tertiary/aromatic N) is 3. The third-order valence-corrected chi connectivity index (χ3v) is 4.43. The first kappa shape index (κ1) is 13.6. The molecule has 20 heavy (non-hydrogen) atoms. The number of benzene rings is 1. The summed E-state index contributed by atoms with van der Waals surface area (Å²) < 4.78 is 3.06. The van der Waals surface area contributed by atoms with E-state index in [2.05, 4.69) is 49.6 Å². The first-order valence-electron chi connectivity index (χ1n) is 6.18. The van der Waals surface area contributed by atoms with Gasteiger partial charge in [-0.25, -0.2) is 0 Å². The summed E-state index contributed by atoms with van der Waals surface area (Å²) in [5.74, 6) is 0. The molecule has 0 aliphatic carbocycles. The summed E-state index contributed by atoms with van der Waals surface area (Å²) in [5.41, 5.74) is 2.11. The van der Waals surface area contributed by atoms with Gasteiger partial charge in [-0.1, -0.05) is 28.1 Å². The molecule has 6 heteroatoms. The zero-order valence-electron chi connectivity index (χ0n) is 10.9. The van der Waals surface area contributed by atoms with Crippen molar-refractivity contribution in [1.29, 1.82) is 0 Å². The minimum Gasteiger partial charge on any atom is -0.316 e. The fourth-order valence-electron chi connectivity index (χ4n) is 1.95. The molecule has 3 rings (SSSR count). The van der Waals surface area contributed by atoms with Crippen molar-refractivity contribution in [2.24, 2.45) is 0 Å². The quantitative estimate of drug-likeness (QED) is 0.784. The molecule has 0 saturated carbocycles. The Hall–Kier alpha value is -1.37. The normalized spacial score (nSPS) is 11.1. The molecule has 0 spiro atoms. The van der Waals surface area contributed by atoms with Gasteiger partial charge in [0, 0.05) is 22.1 Å². The summed E-state index contributed by atoms with van der Waals surface area (Å²) >= 11 is 5.15. The fraction of sp³-hybridized carbons (Fsp3) is 0.143. The second-order valence-electron chi connectivity index (χ2n) is 4.30. The Morgan fingerprint density at radius 1 is 1.25 bits per heavy atom. The van der Waals surface area contributed by atoms with Gasteiger partial charge in [0.2, 0.25) is 0 Å². The topological polar surface area (TPSA) is 42.2 Å². The Balaban J connectivity index is 2.00. The third kappa shape index (κ3) is 2.72. The lowest BCUT2D eigenvalue weighted by Gasteiger charge is -2.08. The molecule has 1 aromatic carbocycles. The SMILES string of the molecule is CNCc1ccc(Br)cc1Sc1nnc2ccccn12. The van der Waals surface area contributed by atoms with Gasteiger partial charge in [-0.05, 0) is 48.6 Å². The maximum absolute atomic E-state index is 4.26. The van der Waals surface area contributed by atoms with Crippen LogP contribution < -0.4 is 5.32 Å². The van der Waals surface area contributed by atoms with E-state index < -0.39 is 0 Å². The molecule has 3 aromatic rings. The van der Waals surface area contributed by atoms with Crippen molar-refractivity contribution >= 4 is 33.3 Å².